The number of nitrogens with one attached hydrogen (secondary N) is 1. The Kier molecular flexibility index (Phi) is 3.25. The number of aromatic nitrogens is 1. The number of pyridine rings is 1. The Bertz CT molecular complexity index is 695. The first kappa shape index (κ1) is 13.4. The van der Waals surface area contributed by atoms with Gasteiger partial charge in [-0.25, -0.2) is 4.98 Å². The maximum absolute atomic E-state index is 7.79. The van der Waals surface area contributed by atoms with Crippen LogP contribution in [0.25, 0.3) is 0 Å². The monoisotopic (exact) mass is 281 g/mol. The van der Waals surface area contributed by atoms with Gasteiger partial charge in [0.1, 0.15) is 11.7 Å². The average Bonchev–Trinajstić information content (AvgIpc) is 2.47. The van der Waals surface area contributed by atoms with Gasteiger partial charge >= 0.3 is 0 Å². The summed E-state index contributed by atoms with van der Waals surface area (Å²) in [5.41, 5.74) is 9.60. The van der Waals surface area contributed by atoms with E-state index in [4.69, 9.17) is 11.1 Å². The van der Waals surface area contributed by atoms with Gasteiger partial charge in [0.05, 0.1) is 16.9 Å². The van der Waals surface area contributed by atoms with Crippen LogP contribution in [0, 0.1) is 12.3 Å². The van der Waals surface area contributed by atoms with Crippen LogP contribution in [0.15, 0.2) is 36.4 Å². The van der Waals surface area contributed by atoms with Crippen LogP contribution in [0.5, 0.6) is 0 Å². The van der Waals surface area contributed by atoms with Crippen LogP contribution in [0.1, 0.15) is 11.3 Å². The zero-order valence-electron chi connectivity index (χ0n) is 12.3. The topological polar surface area (TPSA) is 69.2 Å². The molecule has 1 aliphatic rings. The highest BCUT2D eigenvalue weighted by Gasteiger charge is 2.24. The van der Waals surface area contributed by atoms with Crippen LogP contribution in [-0.4, -0.2) is 31.0 Å². The minimum atomic E-state index is 0.0499. The molecule has 5 heteroatoms. The van der Waals surface area contributed by atoms with Crippen molar-refractivity contribution in [1.82, 2.24) is 4.98 Å². The highest BCUT2D eigenvalue weighted by Crippen LogP contribution is 2.37. The summed E-state index contributed by atoms with van der Waals surface area (Å²) in [7, 11) is 2.09. The first-order valence-electron chi connectivity index (χ1n) is 6.97. The van der Waals surface area contributed by atoms with Crippen molar-refractivity contribution in [3.8, 4) is 0 Å². The fraction of sp³-hybridized carbons (Fsp3) is 0.250. The number of aryl methyl sites for hydroxylation is 1. The lowest BCUT2D eigenvalue weighted by molar-refractivity contribution is 0.811. The summed E-state index contributed by atoms with van der Waals surface area (Å²) < 4.78 is 0. The van der Waals surface area contributed by atoms with Gasteiger partial charge in [-0.3, -0.25) is 5.41 Å². The van der Waals surface area contributed by atoms with Crippen LogP contribution >= 0.6 is 0 Å². The number of benzene rings is 1. The van der Waals surface area contributed by atoms with Crippen molar-refractivity contribution in [2.75, 3.05) is 29.9 Å². The quantitative estimate of drug-likeness (QED) is 0.654. The van der Waals surface area contributed by atoms with Gasteiger partial charge in [0, 0.05) is 25.8 Å². The Morgan fingerprint density at radius 2 is 1.86 bits per heavy atom. The van der Waals surface area contributed by atoms with Gasteiger partial charge in [0.15, 0.2) is 0 Å². The molecule has 1 aromatic heterocycles. The van der Waals surface area contributed by atoms with Crippen molar-refractivity contribution in [3.05, 3.63) is 47.7 Å². The van der Waals surface area contributed by atoms with E-state index in [0.29, 0.717) is 5.56 Å². The maximum Gasteiger partial charge on any atom is 0.144 e. The predicted octanol–water partition coefficient (Wildman–Crippen LogP) is 2.26. The molecule has 5 nitrogen and oxygen atoms in total. The molecule has 0 radical (unpaired) electrons. The minimum absolute atomic E-state index is 0.0499. The first-order chi connectivity index (χ1) is 10.1. The van der Waals surface area contributed by atoms with E-state index in [1.165, 1.54) is 5.69 Å². The molecule has 0 amide bonds. The van der Waals surface area contributed by atoms with Crippen molar-refractivity contribution in [3.63, 3.8) is 0 Å². The molecule has 1 aromatic carbocycles. The number of likely N-dealkylation sites (N-methyl/N-ethyl adjacent to an activating group) is 1. The lowest BCUT2D eigenvalue weighted by atomic mass is 10.1. The highest BCUT2D eigenvalue weighted by molar-refractivity contribution is 6.01. The van der Waals surface area contributed by atoms with E-state index in [2.05, 4.69) is 34.0 Å². The molecular formula is C16H19N5. The molecule has 0 atom stereocenters. The predicted molar refractivity (Wildman–Crippen MR) is 86.7 cm³/mol. The molecule has 1 aliphatic heterocycles. The fourth-order valence-electron chi connectivity index (χ4n) is 2.69. The molecule has 0 fully saturated rings. The lowest BCUT2D eigenvalue weighted by Gasteiger charge is -2.37. The largest absolute Gasteiger partial charge is 0.384 e. The molecule has 2 heterocycles. The molecule has 0 saturated carbocycles. The summed E-state index contributed by atoms with van der Waals surface area (Å²) in [6.45, 7) is 3.68. The Morgan fingerprint density at radius 1 is 1.14 bits per heavy atom. The summed E-state index contributed by atoms with van der Waals surface area (Å²) in [6.07, 6.45) is 0. The molecule has 3 N–H and O–H groups in total. The number of rotatable bonds is 2. The van der Waals surface area contributed by atoms with Gasteiger partial charge in [0.25, 0.3) is 0 Å². The Hall–Kier alpha value is -2.56. The zero-order valence-corrected chi connectivity index (χ0v) is 12.3. The molecule has 0 aliphatic carbocycles. The number of nitrogens with two attached hydrogens (primary N) is 1. The standard InChI is InChI=1S/C16H19N5/c1-11-7-8-12(15(17)18)16(19-11)21-10-9-20(2)13-5-3-4-6-14(13)21/h3-8H,9-10H2,1-2H3,(H3,17,18). The zero-order chi connectivity index (χ0) is 15.0. The van der Waals surface area contributed by atoms with Crippen LogP contribution in [-0.2, 0) is 0 Å². The second-order valence-electron chi connectivity index (χ2n) is 5.30. The molecule has 0 unspecified atom stereocenters. The third-order valence-electron chi connectivity index (χ3n) is 3.80. The van der Waals surface area contributed by atoms with Crippen molar-refractivity contribution >= 4 is 23.0 Å². The third-order valence-corrected chi connectivity index (χ3v) is 3.80. The number of hydrogen-bond acceptors (Lipinski definition) is 4. The normalized spacial score (nSPS) is 14.0. The number of para-hydroxylation sites is 2. The molecule has 2 aromatic rings. The van der Waals surface area contributed by atoms with E-state index in [9.17, 15) is 0 Å². The second kappa shape index (κ2) is 5.09. The summed E-state index contributed by atoms with van der Waals surface area (Å²) in [6, 6.07) is 12.0. The maximum atomic E-state index is 7.79. The van der Waals surface area contributed by atoms with Gasteiger partial charge in [-0.1, -0.05) is 12.1 Å². The van der Waals surface area contributed by atoms with E-state index in [1.54, 1.807) is 0 Å². The smallest absolute Gasteiger partial charge is 0.144 e. The SMILES string of the molecule is Cc1ccc(C(=N)N)c(N2CCN(C)c3ccccc32)n1. The average molecular weight is 281 g/mol. The Morgan fingerprint density at radius 3 is 2.57 bits per heavy atom. The van der Waals surface area contributed by atoms with E-state index >= 15 is 0 Å². The number of fused-ring (bicyclic) bond motifs is 1. The molecular weight excluding hydrogens is 262 g/mol. The van der Waals surface area contributed by atoms with Gasteiger partial charge in [-0.05, 0) is 31.2 Å². The summed E-state index contributed by atoms with van der Waals surface area (Å²) in [4.78, 5) is 9.01. The molecule has 0 spiro atoms. The fourth-order valence-corrected chi connectivity index (χ4v) is 2.69. The van der Waals surface area contributed by atoms with Crippen LogP contribution in [0.4, 0.5) is 17.2 Å². The Balaban J connectivity index is 2.16. The van der Waals surface area contributed by atoms with Crippen molar-refractivity contribution in [1.29, 1.82) is 5.41 Å². The van der Waals surface area contributed by atoms with Gasteiger partial charge in [-0.15, -0.1) is 0 Å². The molecule has 0 saturated heterocycles. The number of nitrogen functional groups attached to an aromatic ring is 1. The number of nitrogens with zero attached hydrogens (tertiary/aromatic N) is 3. The summed E-state index contributed by atoms with van der Waals surface area (Å²) >= 11 is 0. The molecule has 21 heavy (non-hydrogen) atoms. The van der Waals surface area contributed by atoms with Crippen LogP contribution in [0.3, 0.4) is 0 Å². The second-order valence-corrected chi connectivity index (χ2v) is 5.30. The minimum Gasteiger partial charge on any atom is -0.384 e. The lowest BCUT2D eigenvalue weighted by Crippen LogP contribution is -2.37. The Labute approximate surface area is 124 Å². The van der Waals surface area contributed by atoms with E-state index in [0.717, 1.165) is 30.3 Å². The summed E-state index contributed by atoms with van der Waals surface area (Å²) in [5.74, 6) is 0.817. The summed E-state index contributed by atoms with van der Waals surface area (Å²) in [5, 5.41) is 7.79. The number of anilines is 3. The number of hydrogen-bond donors (Lipinski definition) is 2. The van der Waals surface area contributed by atoms with Crippen LogP contribution in [0.2, 0.25) is 0 Å². The van der Waals surface area contributed by atoms with E-state index < -0.39 is 0 Å². The molecule has 108 valence electrons. The van der Waals surface area contributed by atoms with Crippen molar-refractivity contribution < 1.29 is 0 Å². The van der Waals surface area contributed by atoms with Crippen LogP contribution < -0.4 is 15.5 Å². The van der Waals surface area contributed by atoms with Gasteiger partial charge < -0.3 is 15.5 Å². The van der Waals surface area contributed by atoms with Gasteiger partial charge in [0.2, 0.25) is 0 Å². The molecule has 0 bridgehead atoms. The van der Waals surface area contributed by atoms with Crippen molar-refractivity contribution in [2.45, 2.75) is 6.92 Å². The highest BCUT2D eigenvalue weighted by atomic mass is 15.3. The van der Waals surface area contributed by atoms with Crippen molar-refractivity contribution in [2.24, 2.45) is 5.73 Å². The first-order valence-corrected chi connectivity index (χ1v) is 6.97. The van der Waals surface area contributed by atoms with E-state index in [1.807, 2.05) is 31.2 Å². The number of amidine groups is 1. The van der Waals surface area contributed by atoms with Gasteiger partial charge in [-0.2, -0.15) is 0 Å². The third kappa shape index (κ3) is 2.31. The molecule has 3 rings (SSSR count). The van der Waals surface area contributed by atoms with E-state index in [-0.39, 0.29) is 5.84 Å².